The number of hydrogen-bond donors (Lipinski definition) is 2. The Kier molecular flexibility index (Phi) is 9.77. The lowest BCUT2D eigenvalue weighted by Crippen LogP contribution is -2.42. The summed E-state index contributed by atoms with van der Waals surface area (Å²) in [4.78, 5) is 18.8. The van der Waals surface area contributed by atoms with E-state index < -0.39 is 5.82 Å². The first-order valence-electron chi connectivity index (χ1n) is 14.0. The number of nitrogens with one attached hydrogen (secondary N) is 2. The van der Waals surface area contributed by atoms with Crippen LogP contribution in [0.4, 0.5) is 27.9 Å². The molecule has 2 atom stereocenters. The normalized spacial score (nSPS) is 21.3. The van der Waals surface area contributed by atoms with Gasteiger partial charge in [0, 0.05) is 30.9 Å². The number of anilines is 4. The molecule has 8 nitrogen and oxygen atoms in total. The summed E-state index contributed by atoms with van der Waals surface area (Å²) < 4.78 is 19.4. The van der Waals surface area contributed by atoms with Crippen LogP contribution in [0.2, 0.25) is 0 Å². The van der Waals surface area contributed by atoms with Crippen molar-refractivity contribution in [1.82, 2.24) is 19.9 Å². The summed E-state index contributed by atoms with van der Waals surface area (Å²) in [5, 5.41) is 6.82. The van der Waals surface area contributed by atoms with Gasteiger partial charge < -0.3 is 25.2 Å². The molecule has 0 spiro atoms. The van der Waals surface area contributed by atoms with Gasteiger partial charge >= 0.3 is 0 Å². The number of halogens is 1. The van der Waals surface area contributed by atoms with Gasteiger partial charge in [-0.3, -0.25) is 0 Å². The lowest BCUT2D eigenvalue weighted by molar-refractivity contribution is 0.252. The number of hydrogen-bond acceptors (Lipinski definition) is 8. The third kappa shape index (κ3) is 7.66. The molecule has 2 aromatic rings. The standard InChI is InChI=1S/C28H44FN7O/c1-5-6-8-20-9-7-10-21(12-11-20)30-26-32-27(31-22-13-14-25(37-4)24(29)19-22)34-28(33-26)36(3)23-15-17-35(2)18-16-23/h13-14,19-21,23H,5-12,15-18H2,1-4H3,(H2,30,31,32,33,34). The van der Waals surface area contributed by atoms with Gasteiger partial charge in [-0.15, -0.1) is 0 Å². The summed E-state index contributed by atoms with van der Waals surface area (Å²) in [6.45, 7) is 4.39. The Morgan fingerprint density at radius 3 is 2.57 bits per heavy atom. The third-order valence-corrected chi connectivity index (χ3v) is 7.97. The molecule has 4 rings (SSSR count). The fraction of sp³-hybridized carbons (Fsp3) is 0.679. The first kappa shape index (κ1) is 27.4. The number of aromatic nitrogens is 3. The molecule has 2 aliphatic rings. The van der Waals surface area contributed by atoms with E-state index in [4.69, 9.17) is 19.7 Å². The van der Waals surface area contributed by atoms with Gasteiger partial charge in [-0.25, -0.2) is 4.39 Å². The lowest BCUT2D eigenvalue weighted by Gasteiger charge is -2.35. The van der Waals surface area contributed by atoms with E-state index in [0.29, 0.717) is 35.6 Å². The quantitative estimate of drug-likeness (QED) is 0.384. The van der Waals surface area contributed by atoms with Gasteiger partial charge in [-0.2, -0.15) is 15.0 Å². The van der Waals surface area contributed by atoms with Crippen molar-refractivity contribution in [1.29, 1.82) is 0 Å². The maximum absolute atomic E-state index is 14.3. The average molecular weight is 514 g/mol. The van der Waals surface area contributed by atoms with Crippen LogP contribution in [-0.2, 0) is 0 Å². The van der Waals surface area contributed by atoms with Gasteiger partial charge in [-0.05, 0) is 70.3 Å². The largest absolute Gasteiger partial charge is 0.494 e. The molecular weight excluding hydrogens is 469 g/mol. The summed E-state index contributed by atoms with van der Waals surface area (Å²) in [5.74, 6) is 2.23. The number of nitrogens with zero attached hydrogens (tertiary/aromatic N) is 5. The molecular formula is C28H44FN7O. The SMILES string of the molecule is CCCCC1CCCC(Nc2nc(Nc3ccc(OC)c(F)c3)nc(N(C)C3CCN(C)CC3)n2)CC1. The summed E-state index contributed by atoms with van der Waals surface area (Å²) >= 11 is 0. The van der Waals surface area contributed by atoms with Crippen molar-refractivity contribution in [3.63, 3.8) is 0 Å². The molecule has 204 valence electrons. The summed E-state index contributed by atoms with van der Waals surface area (Å²) in [7, 11) is 5.69. The minimum atomic E-state index is -0.431. The summed E-state index contributed by atoms with van der Waals surface area (Å²) in [5.41, 5.74) is 0.566. The monoisotopic (exact) mass is 513 g/mol. The predicted molar refractivity (Wildman–Crippen MR) is 148 cm³/mol. The first-order chi connectivity index (χ1) is 17.9. The van der Waals surface area contributed by atoms with Crippen molar-refractivity contribution in [2.45, 2.75) is 83.2 Å². The second kappa shape index (κ2) is 13.2. The Morgan fingerprint density at radius 2 is 1.84 bits per heavy atom. The van der Waals surface area contributed by atoms with E-state index in [2.05, 4.69) is 41.5 Å². The molecule has 0 amide bonds. The molecule has 2 heterocycles. The van der Waals surface area contributed by atoms with Crippen LogP contribution in [0.5, 0.6) is 5.75 Å². The second-order valence-electron chi connectivity index (χ2n) is 10.8. The summed E-state index contributed by atoms with van der Waals surface area (Å²) in [6, 6.07) is 5.49. The van der Waals surface area contributed by atoms with Crippen LogP contribution in [0.1, 0.15) is 71.1 Å². The fourth-order valence-electron chi connectivity index (χ4n) is 5.55. The van der Waals surface area contributed by atoms with Gasteiger partial charge in [0.1, 0.15) is 0 Å². The molecule has 9 heteroatoms. The highest BCUT2D eigenvalue weighted by Gasteiger charge is 2.25. The van der Waals surface area contributed by atoms with Gasteiger partial charge in [-0.1, -0.05) is 39.0 Å². The Balaban J connectivity index is 1.53. The van der Waals surface area contributed by atoms with Crippen LogP contribution in [0.3, 0.4) is 0 Å². The molecule has 1 aromatic carbocycles. The molecule has 0 bridgehead atoms. The number of benzene rings is 1. The van der Waals surface area contributed by atoms with Crippen LogP contribution >= 0.6 is 0 Å². The summed E-state index contributed by atoms with van der Waals surface area (Å²) in [6.07, 6.45) is 12.1. The van der Waals surface area contributed by atoms with Crippen molar-refractivity contribution in [3.8, 4) is 5.75 Å². The van der Waals surface area contributed by atoms with Crippen LogP contribution < -0.4 is 20.3 Å². The van der Waals surface area contributed by atoms with Crippen molar-refractivity contribution >= 4 is 23.5 Å². The molecule has 1 aromatic heterocycles. The van der Waals surface area contributed by atoms with Gasteiger partial charge in [0.2, 0.25) is 17.8 Å². The smallest absolute Gasteiger partial charge is 0.233 e. The highest BCUT2D eigenvalue weighted by molar-refractivity contribution is 5.57. The Morgan fingerprint density at radius 1 is 1.05 bits per heavy atom. The number of methoxy groups -OCH3 is 1. The van der Waals surface area contributed by atoms with Crippen molar-refractivity contribution in [3.05, 3.63) is 24.0 Å². The van der Waals surface area contributed by atoms with E-state index in [1.807, 2.05) is 0 Å². The Hall–Kier alpha value is -2.68. The van der Waals surface area contributed by atoms with Gasteiger partial charge in [0.15, 0.2) is 11.6 Å². The maximum atomic E-state index is 14.3. The van der Waals surface area contributed by atoms with Crippen LogP contribution in [0.25, 0.3) is 0 Å². The number of rotatable bonds is 10. The molecule has 1 saturated carbocycles. The molecule has 1 aliphatic heterocycles. The van der Waals surface area contributed by atoms with Gasteiger partial charge in [0.25, 0.3) is 0 Å². The van der Waals surface area contributed by atoms with Crippen LogP contribution in [-0.4, -0.2) is 66.2 Å². The molecule has 37 heavy (non-hydrogen) atoms. The number of unbranched alkanes of at least 4 members (excludes halogenated alkanes) is 1. The number of piperidine rings is 1. The van der Waals surface area contributed by atoms with E-state index in [-0.39, 0.29) is 5.75 Å². The first-order valence-corrected chi connectivity index (χ1v) is 14.0. The zero-order chi connectivity index (χ0) is 26.2. The third-order valence-electron chi connectivity index (χ3n) is 7.97. The van der Waals surface area contributed by atoms with E-state index >= 15 is 0 Å². The Bertz CT molecular complexity index is 998. The molecule has 2 N–H and O–H groups in total. The van der Waals surface area contributed by atoms with Crippen LogP contribution in [0, 0.1) is 11.7 Å². The minimum Gasteiger partial charge on any atom is -0.494 e. The molecule has 2 fully saturated rings. The fourth-order valence-corrected chi connectivity index (χ4v) is 5.55. The molecule has 0 radical (unpaired) electrons. The van der Waals surface area contributed by atoms with E-state index in [9.17, 15) is 4.39 Å². The Labute approximate surface area is 221 Å². The van der Waals surface area contributed by atoms with E-state index in [1.54, 1.807) is 12.1 Å². The number of ether oxygens (including phenoxy) is 1. The zero-order valence-corrected chi connectivity index (χ0v) is 23.0. The molecule has 1 aliphatic carbocycles. The van der Waals surface area contributed by atoms with E-state index in [0.717, 1.165) is 44.7 Å². The number of likely N-dealkylation sites (tertiary alicyclic amines) is 1. The van der Waals surface area contributed by atoms with Crippen LogP contribution in [0.15, 0.2) is 18.2 Å². The lowest BCUT2D eigenvalue weighted by atomic mass is 9.94. The van der Waals surface area contributed by atoms with Crippen molar-refractivity contribution in [2.24, 2.45) is 5.92 Å². The average Bonchev–Trinajstić information content (AvgIpc) is 3.12. The maximum Gasteiger partial charge on any atom is 0.233 e. The predicted octanol–water partition coefficient (Wildman–Crippen LogP) is 5.84. The van der Waals surface area contributed by atoms with E-state index in [1.165, 1.54) is 51.7 Å². The zero-order valence-electron chi connectivity index (χ0n) is 23.0. The van der Waals surface area contributed by atoms with Crippen molar-refractivity contribution in [2.75, 3.05) is 49.8 Å². The second-order valence-corrected chi connectivity index (χ2v) is 10.8. The topological polar surface area (TPSA) is 78.4 Å². The highest BCUT2D eigenvalue weighted by atomic mass is 19.1. The van der Waals surface area contributed by atoms with Gasteiger partial charge in [0.05, 0.1) is 7.11 Å². The minimum absolute atomic E-state index is 0.205. The molecule has 2 unspecified atom stereocenters. The van der Waals surface area contributed by atoms with Crippen molar-refractivity contribution < 1.29 is 9.13 Å². The molecule has 1 saturated heterocycles. The highest BCUT2D eigenvalue weighted by Crippen LogP contribution is 2.30.